The quantitative estimate of drug-likeness (QED) is 0.270. The van der Waals surface area contributed by atoms with Gasteiger partial charge in [-0.3, -0.25) is 32.7 Å². The minimum atomic E-state index is -4.30. The van der Waals surface area contributed by atoms with E-state index in [9.17, 15) is 23.7 Å². The summed E-state index contributed by atoms with van der Waals surface area (Å²) >= 11 is 0. The van der Waals surface area contributed by atoms with Crippen LogP contribution in [0.1, 0.15) is 54.2 Å². The zero-order valence-electron chi connectivity index (χ0n) is 23.6. The van der Waals surface area contributed by atoms with Crippen LogP contribution in [0.4, 0.5) is 4.79 Å². The van der Waals surface area contributed by atoms with Crippen molar-refractivity contribution in [2.75, 3.05) is 20.3 Å². The Kier molecular flexibility index (Phi) is 9.38. The number of aromatic amines is 1. The summed E-state index contributed by atoms with van der Waals surface area (Å²) in [6, 6.07) is 0.184. The number of H-pyrrole nitrogens is 1. The second-order valence-electron chi connectivity index (χ2n) is 11.0. The number of nitrogens with zero attached hydrogens (tertiary/aromatic N) is 2. The van der Waals surface area contributed by atoms with E-state index in [4.69, 9.17) is 34.2 Å². The third-order valence-electron chi connectivity index (χ3n) is 6.22. The standard InChI is InChI=1S/C25H36N3O11P/c1-9-25(7)20-17(37-21(25)28-11-10-18(29)26-22(28)31)14-35-40(33,39-20)34-13-16(12-19(30)36-15(2)3)27(8)23(32)38-24(4,5)6/h1,10-11,15-17,20-21H,12-14H2,2-8H3,(H,26,29,31)/t16?,17?,20-,21-,25-,40-/m1/s1. The van der Waals surface area contributed by atoms with Gasteiger partial charge in [-0.25, -0.2) is 14.2 Å². The molecule has 2 saturated heterocycles. The van der Waals surface area contributed by atoms with Gasteiger partial charge in [0.05, 0.1) is 31.8 Å². The van der Waals surface area contributed by atoms with Crippen LogP contribution in [-0.4, -0.2) is 76.7 Å². The number of amides is 1. The normalized spacial score (nSPS) is 28.8. The highest BCUT2D eigenvalue weighted by Gasteiger charge is 2.60. The first-order valence-electron chi connectivity index (χ1n) is 12.7. The number of aromatic nitrogens is 2. The lowest BCUT2D eigenvalue weighted by molar-refractivity contribution is -0.149. The molecular weight excluding hydrogens is 549 g/mol. The number of fused-ring (bicyclic) bond motifs is 1. The number of carbonyl (C=O) groups excluding carboxylic acids is 2. The lowest BCUT2D eigenvalue weighted by Crippen LogP contribution is -2.45. The Morgan fingerprint density at radius 2 is 2.02 bits per heavy atom. The topological polar surface area (TPSA) is 165 Å². The van der Waals surface area contributed by atoms with Crippen molar-refractivity contribution in [2.24, 2.45) is 5.41 Å². The number of carbonyl (C=O) groups is 2. The fourth-order valence-electron chi connectivity index (χ4n) is 4.20. The van der Waals surface area contributed by atoms with E-state index in [2.05, 4.69) is 10.9 Å². The fourth-order valence-corrected chi connectivity index (χ4v) is 5.72. The number of nitrogens with one attached hydrogen (secondary N) is 1. The highest BCUT2D eigenvalue weighted by Crippen LogP contribution is 2.60. The van der Waals surface area contributed by atoms with Gasteiger partial charge in [-0.1, -0.05) is 5.92 Å². The second kappa shape index (κ2) is 11.9. The predicted molar refractivity (Wildman–Crippen MR) is 140 cm³/mol. The van der Waals surface area contributed by atoms with E-state index in [-0.39, 0.29) is 13.0 Å². The van der Waals surface area contributed by atoms with Crippen LogP contribution in [0.25, 0.3) is 0 Å². The second-order valence-corrected chi connectivity index (χ2v) is 12.6. The van der Waals surface area contributed by atoms with Crippen LogP contribution in [0.15, 0.2) is 21.9 Å². The van der Waals surface area contributed by atoms with E-state index in [1.54, 1.807) is 41.5 Å². The Balaban J connectivity index is 1.80. The van der Waals surface area contributed by atoms with E-state index >= 15 is 0 Å². The molecule has 2 fully saturated rings. The summed E-state index contributed by atoms with van der Waals surface area (Å²) in [5.74, 6) is 1.96. The van der Waals surface area contributed by atoms with Crippen molar-refractivity contribution in [1.29, 1.82) is 0 Å². The minimum Gasteiger partial charge on any atom is -0.463 e. The van der Waals surface area contributed by atoms with E-state index in [0.717, 1.165) is 15.5 Å². The minimum absolute atomic E-state index is 0.254. The Labute approximate surface area is 231 Å². The molecule has 2 aliphatic rings. The van der Waals surface area contributed by atoms with Crippen molar-refractivity contribution in [3.63, 3.8) is 0 Å². The molecule has 1 N–H and O–H groups in total. The highest BCUT2D eigenvalue weighted by atomic mass is 31.2. The first-order chi connectivity index (χ1) is 18.5. The molecule has 6 atom stereocenters. The molecule has 0 saturated carbocycles. The van der Waals surface area contributed by atoms with Crippen molar-refractivity contribution in [2.45, 2.75) is 84.1 Å². The summed E-state index contributed by atoms with van der Waals surface area (Å²) in [6.45, 7) is 9.32. The number of rotatable bonds is 8. The predicted octanol–water partition coefficient (Wildman–Crippen LogP) is 2.19. The van der Waals surface area contributed by atoms with Crippen LogP contribution in [-0.2, 0) is 37.1 Å². The van der Waals surface area contributed by atoms with Gasteiger partial charge in [-0.2, -0.15) is 0 Å². The molecule has 3 heterocycles. The van der Waals surface area contributed by atoms with Crippen molar-refractivity contribution >= 4 is 19.9 Å². The maximum absolute atomic E-state index is 13.6. The summed E-state index contributed by atoms with van der Waals surface area (Å²) < 4.78 is 48.0. The molecule has 0 aromatic carbocycles. The lowest BCUT2D eigenvalue weighted by atomic mass is 9.83. The summed E-state index contributed by atoms with van der Waals surface area (Å²) in [7, 11) is -2.89. The van der Waals surface area contributed by atoms with E-state index in [1.807, 2.05) is 0 Å². The van der Waals surface area contributed by atoms with Crippen LogP contribution in [0.5, 0.6) is 0 Å². The molecule has 40 heavy (non-hydrogen) atoms. The number of terminal acetylenes is 1. The molecule has 0 spiro atoms. The van der Waals surface area contributed by atoms with Crippen LogP contribution in [0.3, 0.4) is 0 Å². The molecule has 1 aromatic heterocycles. The Bertz CT molecular complexity index is 1310. The molecule has 0 bridgehead atoms. The maximum Gasteiger partial charge on any atom is 0.475 e. The average molecular weight is 586 g/mol. The van der Waals surface area contributed by atoms with Crippen LogP contribution in [0, 0.1) is 17.8 Å². The number of phosphoric acid groups is 1. The molecule has 15 heteroatoms. The van der Waals surface area contributed by atoms with Crippen LogP contribution >= 0.6 is 7.82 Å². The summed E-state index contributed by atoms with van der Waals surface area (Å²) in [5, 5.41) is 0. The maximum atomic E-state index is 13.6. The number of esters is 1. The SMILES string of the molecule is C#C[C@]1(C)[C@@H]2O[P@](=O)(OCC(CC(=O)OC(C)C)N(C)C(=O)OC(C)(C)C)OCC2O[C@H]1n1ccc(=O)[nH]c1=O. The van der Waals surface area contributed by atoms with Crippen molar-refractivity contribution in [3.8, 4) is 12.3 Å². The monoisotopic (exact) mass is 585 g/mol. The van der Waals surface area contributed by atoms with E-state index < -0.39 is 79.3 Å². The van der Waals surface area contributed by atoms with Gasteiger partial charge >= 0.3 is 25.6 Å². The van der Waals surface area contributed by atoms with Crippen LogP contribution in [0.2, 0.25) is 0 Å². The molecule has 0 radical (unpaired) electrons. The van der Waals surface area contributed by atoms with Gasteiger partial charge in [0, 0.05) is 19.3 Å². The third-order valence-corrected chi connectivity index (χ3v) is 7.64. The van der Waals surface area contributed by atoms with Gasteiger partial charge in [0.2, 0.25) is 0 Å². The van der Waals surface area contributed by atoms with Gasteiger partial charge < -0.3 is 19.1 Å². The zero-order chi connectivity index (χ0) is 30.0. The zero-order valence-corrected chi connectivity index (χ0v) is 24.5. The molecule has 0 aliphatic carbocycles. The first kappa shape index (κ1) is 31.6. The van der Waals surface area contributed by atoms with Gasteiger partial charge in [0.1, 0.15) is 23.2 Å². The molecule has 2 aliphatic heterocycles. The first-order valence-corrected chi connectivity index (χ1v) is 14.1. The molecular formula is C25H36N3O11P. The Morgan fingerprint density at radius 1 is 1.35 bits per heavy atom. The number of ether oxygens (including phenoxy) is 3. The molecule has 3 rings (SSSR count). The summed E-state index contributed by atoms with van der Waals surface area (Å²) in [5.41, 5.74) is -3.48. The van der Waals surface area contributed by atoms with Crippen molar-refractivity contribution < 1.29 is 41.9 Å². The number of hydrogen-bond acceptors (Lipinski definition) is 11. The van der Waals surface area contributed by atoms with Gasteiger partial charge in [-0.15, -0.1) is 6.42 Å². The average Bonchev–Trinajstić information content (AvgIpc) is 3.11. The third kappa shape index (κ3) is 7.21. The van der Waals surface area contributed by atoms with Gasteiger partial charge in [-0.05, 0) is 41.5 Å². The Hall–Kier alpha value is -2.95. The molecule has 14 nitrogen and oxygen atoms in total. The highest BCUT2D eigenvalue weighted by molar-refractivity contribution is 7.48. The summed E-state index contributed by atoms with van der Waals surface area (Å²) in [4.78, 5) is 52.4. The summed E-state index contributed by atoms with van der Waals surface area (Å²) in [6.07, 6.45) is 2.72. The largest absolute Gasteiger partial charge is 0.475 e. The number of phosphoric ester groups is 1. The molecule has 2 unspecified atom stereocenters. The van der Waals surface area contributed by atoms with E-state index in [1.165, 1.54) is 13.2 Å². The fraction of sp³-hybridized carbons (Fsp3) is 0.680. The molecule has 1 amide bonds. The number of likely N-dealkylation sites (N-methyl/N-ethyl adjacent to an activating group) is 1. The van der Waals surface area contributed by atoms with Gasteiger partial charge in [0.25, 0.3) is 5.56 Å². The van der Waals surface area contributed by atoms with Crippen LogP contribution < -0.4 is 11.2 Å². The Morgan fingerprint density at radius 3 is 2.60 bits per heavy atom. The number of hydrogen-bond donors (Lipinski definition) is 1. The van der Waals surface area contributed by atoms with Crippen molar-refractivity contribution in [1.82, 2.24) is 14.5 Å². The van der Waals surface area contributed by atoms with E-state index in [0.29, 0.717) is 0 Å². The smallest absolute Gasteiger partial charge is 0.463 e. The van der Waals surface area contributed by atoms with Gasteiger partial charge in [0.15, 0.2) is 6.23 Å². The lowest BCUT2D eigenvalue weighted by Gasteiger charge is -2.36. The molecule has 222 valence electrons. The van der Waals surface area contributed by atoms with Crippen molar-refractivity contribution in [3.05, 3.63) is 33.1 Å². The molecule has 1 aromatic rings.